The highest BCUT2D eigenvalue weighted by Gasteiger charge is 2.17. The van der Waals surface area contributed by atoms with Crippen LogP contribution < -0.4 is 15.0 Å². The second-order valence-corrected chi connectivity index (χ2v) is 4.57. The number of nitrogens with zero attached hydrogens (tertiary/aromatic N) is 2. The van der Waals surface area contributed by atoms with Crippen molar-refractivity contribution in [2.45, 2.75) is 13.0 Å². The summed E-state index contributed by atoms with van der Waals surface area (Å²) >= 11 is 0. The smallest absolute Gasteiger partial charge is 0.160 e. The van der Waals surface area contributed by atoms with Gasteiger partial charge in [0.25, 0.3) is 0 Å². The van der Waals surface area contributed by atoms with Gasteiger partial charge in [0.1, 0.15) is 0 Å². The minimum absolute atomic E-state index is 0.224. The molecule has 0 aliphatic carbocycles. The average molecular weight is 251 g/mol. The van der Waals surface area contributed by atoms with Crippen molar-refractivity contribution in [2.75, 3.05) is 45.3 Å². The van der Waals surface area contributed by atoms with Crippen LogP contribution in [0.3, 0.4) is 0 Å². The Morgan fingerprint density at radius 3 is 3.11 bits per heavy atom. The SMILES string of the molecule is COc1cnc(C)cc1N(C)CC1CNCCO1. The van der Waals surface area contributed by atoms with Crippen molar-refractivity contribution in [3.8, 4) is 5.75 Å². The first-order valence-corrected chi connectivity index (χ1v) is 6.25. The Morgan fingerprint density at radius 2 is 2.44 bits per heavy atom. The third-order valence-electron chi connectivity index (χ3n) is 3.10. The van der Waals surface area contributed by atoms with Gasteiger partial charge in [-0.3, -0.25) is 4.98 Å². The third-order valence-corrected chi connectivity index (χ3v) is 3.10. The third kappa shape index (κ3) is 3.11. The molecule has 1 aromatic heterocycles. The summed E-state index contributed by atoms with van der Waals surface area (Å²) in [7, 11) is 3.72. The normalized spacial score (nSPS) is 19.6. The van der Waals surface area contributed by atoms with Gasteiger partial charge in [0.15, 0.2) is 5.75 Å². The molecular weight excluding hydrogens is 230 g/mol. The molecule has 0 saturated carbocycles. The second-order valence-electron chi connectivity index (χ2n) is 4.57. The van der Waals surface area contributed by atoms with Gasteiger partial charge in [-0.05, 0) is 13.0 Å². The van der Waals surface area contributed by atoms with E-state index in [0.29, 0.717) is 0 Å². The highest BCUT2D eigenvalue weighted by molar-refractivity contribution is 5.57. The van der Waals surface area contributed by atoms with E-state index in [9.17, 15) is 0 Å². The molecule has 0 spiro atoms. The van der Waals surface area contributed by atoms with Crippen LogP contribution in [0.1, 0.15) is 5.69 Å². The lowest BCUT2D eigenvalue weighted by Crippen LogP contribution is -2.44. The highest BCUT2D eigenvalue weighted by Crippen LogP contribution is 2.27. The number of rotatable bonds is 4. The molecule has 0 aromatic carbocycles. The maximum Gasteiger partial charge on any atom is 0.160 e. The van der Waals surface area contributed by atoms with Gasteiger partial charge in [0.05, 0.1) is 31.7 Å². The van der Waals surface area contributed by atoms with Gasteiger partial charge in [-0.2, -0.15) is 0 Å². The Morgan fingerprint density at radius 1 is 1.61 bits per heavy atom. The van der Waals surface area contributed by atoms with Gasteiger partial charge in [-0.15, -0.1) is 0 Å². The van der Waals surface area contributed by atoms with Crippen LogP contribution in [0.2, 0.25) is 0 Å². The zero-order valence-electron chi connectivity index (χ0n) is 11.3. The molecule has 1 saturated heterocycles. The van der Waals surface area contributed by atoms with E-state index < -0.39 is 0 Å². The van der Waals surface area contributed by atoms with Crippen molar-refractivity contribution >= 4 is 5.69 Å². The molecule has 0 bridgehead atoms. The number of methoxy groups -OCH3 is 1. The summed E-state index contributed by atoms with van der Waals surface area (Å²) in [5, 5.41) is 3.34. The van der Waals surface area contributed by atoms with Crippen LogP contribution in [0.25, 0.3) is 0 Å². The van der Waals surface area contributed by atoms with Crippen molar-refractivity contribution in [3.63, 3.8) is 0 Å². The standard InChI is InChI=1S/C13H21N3O2/c1-10-6-12(13(17-3)8-15-10)16(2)9-11-7-14-4-5-18-11/h6,8,11,14H,4-5,7,9H2,1-3H3. The van der Waals surface area contributed by atoms with Gasteiger partial charge < -0.3 is 19.7 Å². The van der Waals surface area contributed by atoms with Crippen molar-refractivity contribution in [2.24, 2.45) is 0 Å². The molecule has 1 aliphatic heterocycles. The molecule has 5 heteroatoms. The molecule has 1 N–H and O–H groups in total. The van der Waals surface area contributed by atoms with Crippen LogP contribution >= 0.6 is 0 Å². The molecule has 1 aliphatic rings. The van der Waals surface area contributed by atoms with Crippen LogP contribution in [0.5, 0.6) is 5.75 Å². The lowest BCUT2D eigenvalue weighted by molar-refractivity contribution is 0.0339. The zero-order chi connectivity index (χ0) is 13.0. The lowest BCUT2D eigenvalue weighted by atomic mass is 10.2. The molecular formula is C13H21N3O2. The first-order valence-electron chi connectivity index (χ1n) is 6.25. The summed E-state index contributed by atoms with van der Waals surface area (Å²) in [6, 6.07) is 2.04. The maximum atomic E-state index is 5.71. The number of morpholine rings is 1. The van der Waals surface area contributed by atoms with E-state index in [1.54, 1.807) is 13.3 Å². The average Bonchev–Trinajstić information content (AvgIpc) is 2.40. The van der Waals surface area contributed by atoms with Gasteiger partial charge >= 0.3 is 0 Å². The number of ether oxygens (including phenoxy) is 2. The first kappa shape index (κ1) is 13.1. The van der Waals surface area contributed by atoms with Crippen LogP contribution in [-0.2, 0) is 4.74 Å². The molecule has 1 fully saturated rings. The van der Waals surface area contributed by atoms with Crippen molar-refractivity contribution in [3.05, 3.63) is 18.0 Å². The van der Waals surface area contributed by atoms with E-state index in [0.717, 1.165) is 43.4 Å². The summed E-state index contributed by atoms with van der Waals surface area (Å²) in [5.41, 5.74) is 2.04. The van der Waals surface area contributed by atoms with E-state index >= 15 is 0 Å². The fourth-order valence-corrected chi connectivity index (χ4v) is 2.13. The fraction of sp³-hybridized carbons (Fsp3) is 0.615. The topological polar surface area (TPSA) is 46.6 Å². The predicted octanol–water partition coefficient (Wildman–Crippen LogP) is 0.823. The molecule has 2 rings (SSSR count). The van der Waals surface area contributed by atoms with Gasteiger partial charge in [0, 0.05) is 32.4 Å². The zero-order valence-corrected chi connectivity index (χ0v) is 11.3. The Kier molecular flexibility index (Phi) is 4.38. The van der Waals surface area contributed by atoms with E-state index in [1.165, 1.54) is 0 Å². The van der Waals surface area contributed by atoms with E-state index in [-0.39, 0.29) is 6.10 Å². The Bertz CT molecular complexity index is 392. The monoisotopic (exact) mass is 251 g/mol. The van der Waals surface area contributed by atoms with Crippen LogP contribution in [0.15, 0.2) is 12.3 Å². The summed E-state index contributed by atoms with van der Waals surface area (Å²) in [6.45, 7) is 5.45. The number of hydrogen-bond acceptors (Lipinski definition) is 5. The Labute approximate surface area is 108 Å². The number of aromatic nitrogens is 1. The summed E-state index contributed by atoms with van der Waals surface area (Å²) in [4.78, 5) is 6.40. The van der Waals surface area contributed by atoms with E-state index in [2.05, 4.69) is 22.2 Å². The molecule has 1 unspecified atom stereocenters. The molecule has 18 heavy (non-hydrogen) atoms. The quantitative estimate of drug-likeness (QED) is 0.858. The van der Waals surface area contributed by atoms with Crippen LogP contribution in [0.4, 0.5) is 5.69 Å². The van der Waals surface area contributed by atoms with Crippen LogP contribution in [0, 0.1) is 6.92 Å². The van der Waals surface area contributed by atoms with Gasteiger partial charge in [0.2, 0.25) is 0 Å². The molecule has 0 amide bonds. The molecule has 1 atom stereocenters. The van der Waals surface area contributed by atoms with Crippen molar-refractivity contribution in [1.29, 1.82) is 0 Å². The summed E-state index contributed by atoms with van der Waals surface area (Å²) < 4.78 is 11.1. The summed E-state index contributed by atoms with van der Waals surface area (Å²) in [5.74, 6) is 0.798. The number of likely N-dealkylation sites (N-methyl/N-ethyl adjacent to an activating group) is 1. The largest absolute Gasteiger partial charge is 0.493 e. The summed E-state index contributed by atoms with van der Waals surface area (Å²) in [6.07, 6.45) is 1.99. The second kappa shape index (κ2) is 6.02. The highest BCUT2D eigenvalue weighted by atomic mass is 16.5. The van der Waals surface area contributed by atoms with Crippen LogP contribution in [-0.4, -0.2) is 51.5 Å². The lowest BCUT2D eigenvalue weighted by Gasteiger charge is -2.29. The number of hydrogen-bond donors (Lipinski definition) is 1. The number of nitrogens with one attached hydrogen (secondary N) is 1. The van der Waals surface area contributed by atoms with Gasteiger partial charge in [-0.1, -0.05) is 0 Å². The Balaban J connectivity index is 2.07. The number of anilines is 1. The first-order chi connectivity index (χ1) is 8.70. The molecule has 1 aromatic rings. The molecule has 0 radical (unpaired) electrons. The fourth-order valence-electron chi connectivity index (χ4n) is 2.13. The van der Waals surface area contributed by atoms with E-state index in [1.807, 2.05) is 13.0 Å². The minimum atomic E-state index is 0.224. The molecule has 2 heterocycles. The van der Waals surface area contributed by atoms with Crippen molar-refractivity contribution in [1.82, 2.24) is 10.3 Å². The Hall–Kier alpha value is -1.33. The molecule has 100 valence electrons. The van der Waals surface area contributed by atoms with E-state index in [4.69, 9.17) is 9.47 Å². The maximum absolute atomic E-state index is 5.71. The number of pyridine rings is 1. The van der Waals surface area contributed by atoms with Crippen molar-refractivity contribution < 1.29 is 9.47 Å². The predicted molar refractivity (Wildman–Crippen MR) is 71.4 cm³/mol. The van der Waals surface area contributed by atoms with Gasteiger partial charge in [-0.25, -0.2) is 0 Å². The molecule has 5 nitrogen and oxygen atoms in total. The number of aryl methyl sites for hydroxylation is 1. The minimum Gasteiger partial charge on any atom is -0.493 e.